The molecule has 0 aromatic heterocycles. The Hall–Kier alpha value is -2.44. The van der Waals surface area contributed by atoms with Crippen molar-refractivity contribution >= 4 is 17.7 Å². The molecule has 0 aliphatic rings. The largest absolute Gasteiger partial charge is 0.497 e. The van der Waals surface area contributed by atoms with Crippen LogP contribution in [-0.2, 0) is 9.53 Å². The molecule has 1 rings (SSSR count). The summed E-state index contributed by atoms with van der Waals surface area (Å²) in [6.45, 7) is 12.0. The minimum Gasteiger partial charge on any atom is -0.497 e. The highest BCUT2D eigenvalue weighted by molar-refractivity contribution is 5.86. The molecule has 0 saturated carbocycles. The fourth-order valence-corrected chi connectivity index (χ4v) is 2.70. The molecule has 0 spiro atoms. The molecule has 7 heteroatoms. The highest BCUT2D eigenvalue weighted by Crippen LogP contribution is 2.15. The number of carbonyl (C=O) groups is 2. The van der Waals surface area contributed by atoms with Gasteiger partial charge in [0.15, 0.2) is 0 Å². The van der Waals surface area contributed by atoms with Gasteiger partial charge in [-0.15, -0.1) is 0 Å². The Labute approximate surface area is 174 Å². The van der Waals surface area contributed by atoms with Gasteiger partial charge in [-0.05, 0) is 63.8 Å². The molecule has 3 N–H and O–H groups in total. The number of amides is 2. The number of methoxy groups -OCH3 is 1. The molecule has 0 heterocycles. The number of ether oxygens (including phenoxy) is 2. The first-order valence-corrected chi connectivity index (χ1v) is 10.2. The second-order valence-electron chi connectivity index (χ2n) is 8.55. The minimum atomic E-state index is -0.639. The molecule has 2 amide bonds. The summed E-state index contributed by atoms with van der Waals surface area (Å²) in [6, 6.07) is 6.91. The van der Waals surface area contributed by atoms with Crippen LogP contribution in [0.15, 0.2) is 24.3 Å². The number of carbonyl (C=O) groups excluding carboxylic acids is 2. The van der Waals surface area contributed by atoms with Crippen molar-refractivity contribution in [2.75, 3.05) is 19.0 Å². The van der Waals surface area contributed by atoms with Crippen LogP contribution in [0.25, 0.3) is 0 Å². The molecule has 29 heavy (non-hydrogen) atoms. The average Bonchev–Trinajstić information content (AvgIpc) is 2.62. The summed E-state index contributed by atoms with van der Waals surface area (Å²) in [7, 11) is 1.63. The van der Waals surface area contributed by atoms with E-state index in [1.807, 2.05) is 45.0 Å². The lowest BCUT2D eigenvalue weighted by atomic mass is 10.0. The van der Waals surface area contributed by atoms with Crippen LogP contribution in [0, 0.1) is 5.92 Å². The molecule has 0 saturated heterocycles. The van der Waals surface area contributed by atoms with Gasteiger partial charge in [0.25, 0.3) is 0 Å². The molecule has 164 valence electrons. The number of hydrogen-bond donors (Lipinski definition) is 3. The second-order valence-corrected chi connectivity index (χ2v) is 8.55. The van der Waals surface area contributed by atoms with E-state index in [2.05, 4.69) is 16.0 Å². The lowest BCUT2D eigenvalue weighted by molar-refractivity contribution is -0.124. The minimum absolute atomic E-state index is 0.0697. The number of rotatable bonds is 10. The zero-order valence-electron chi connectivity index (χ0n) is 18.8. The molecule has 0 unspecified atom stereocenters. The van der Waals surface area contributed by atoms with Gasteiger partial charge in [0, 0.05) is 18.3 Å². The van der Waals surface area contributed by atoms with E-state index in [4.69, 9.17) is 9.47 Å². The number of anilines is 1. The number of benzene rings is 1. The first-order chi connectivity index (χ1) is 13.5. The smallest absolute Gasteiger partial charge is 0.408 e. The summed E-state index contributed by atoms with van der Waals surface area (Å²) in [5.74, 6) is 0.840. The van der Waals surface area contributed by atoms with E-state index < -0.39 is 17.7 Å². The second kappa shape index (κ2) is 11.5. The van der Waals surface area contributed by atoms with Crippen LogP contribution in [0.2, 0.25) is 0 Å². The van der Waals surface area contributed by atoms with Gasteiger partial charge >= 0.3 is 6.09 Å². The highest BCUT2D eigenvalue weighted by Gasteiger charge is 2.26. The molecule has 0 radical (unpaired) electrons. The van der Waals surface area contributed by atoms with E-state index >= 15 is 0 Å². The molecular weight excluding hydrogens is 370 g/mol. The van der Waals surface area contributed by atoms with Crippen molar-refractivity contribution in [3.8, 4) is 5.75 Å². The van der Waals surface area contributed by atoms with Gasteiger partial charge in [0.2, 0.25) is 5.91 Å². The van der Waals surface area contributed by atoms with Crippen molar-refractivity contribution in [1.29, 1.82) is 0 Å². The fraction of sp³-hybridized carbons (Fsp3) is 0.636. The predicted octanol–water partition coefficient (Wildman–Crippen LogP) is 3.94. The van der Waals surface area contributed by atoms with Gasteiger partial charge in [-0.3, -0.25) is 4.79 Å². The van der Waals surface area contributed by atoms with Gasteiger partial charge in [0.05, 0.1) is 7.11 Å². The zero-order chi connectivity index (χ0) is 22.0. The quantitative estimate of drug-likeness (QED) is 0.547. The molecule has 0 bridgehead atoms. The van der Waals surface area contributed by atoms with Gasteiger partial charge in [0.1, 0.15) is 17.4 Å². The summed E-state index contributed by atoms with van der Waals surface area (Å²) in [5.41, 5.74) is 0.334. The van der Waals surface area contributed by atoms with E-state index in [9.17, 15) is 9.59 Å². The average molecular weight is 408 g/mol. The van der Waals surface area contributed by atoms with Gasteiger partial charge in [-0.2, -0.15) is 0 Å². The van der Waals surface area contributed by atoms with Crippen LogP contribution >= 0.6 is 0 Å². The Bertz CT molecular complexity index is 638. The van der Waals surface area contributed by atoms with Gasteiger partial charge < -0.3 is 25.4 Å². The third-order valence-corrected chi connectivity index (χ3v) is 4.20. The van der Waals surface area contributed by atoms with Crippen molar-refractivity contribution in [2.45, 2.75) is 72.1 Å². The first-order valence-electron chi connectivity index (χ1n) is 10.2. The monoisotopic (exact) mass is 407 g/mol. The van der Waals surface area contributed by atoms with Crippen LogP contribution in [0.3, 0.4) is 0 Å². The molecular formula is C22H37N3O4. The molecule has 1 aromatic rings. The Morgan fingerprint density at radius 3 is 2.17 bits per heavy atom. The topological polar surface area (TPSA) is 88.7 Å². The number of alkyl carbamates (subject to hydrolysis) is 1. The molecule has 1 aromatic carbocycles. The summed E-state index contributed by atoms with van der Waals surface area (Å²) in [6.07, 6.45) is 0.714. The maximum Gasteiger partial charge on any atom is 0.408 e. The third kappa shape index (κ3) is 10.1. The fourth-order valence-electron chi connectivity index (χ4n) is 2.70. The lowest BCUT2D eigenvalue weighted by Gasteiger charge is -2.26. The van der Waals surface area contributed by atoms with Crippen LogP contribution in [0.5, 0.6) is 5.75 Å². The van der Waals surface area contributed by atoms with Crippen LogP contribution in [0.1, 0.15) is 54.4 Å². The molecule has 0 fully saturated rings. The molecule has 2 atom stereocenters. The lowest BCUT2D eigenvalue weighted by Crippen LogP contribution is -2.52. The molecule has 0 aliphatic carbocycles. The van der Waals surface area contributed by atoms with Crippen LogP contribution in [0.4, 0.5) is 10.5 Å². The zero-order valence-corrected chi connectivity index (χ0v) is 18.8. The molecule has 7 nitrogen and oxygen atoms in total. The number of hydrogen-bond acceptors (Lipinski definition) is 5. The van der Waals surface area contributed by atoms with E-state index in [1.165, 1.54) is 0 Å². The maximum atomic E-state index is 12.8. The van der Waals surface area contributed by atoms with E-state index in [-0.39, 0.29) is 17.9 Å². The highest BCUT2D eigenvalue weighted by atomic mass is 16.6. The Balaban J connectivity index is 2.66. The Morgan fingerprint density at radius 2 is 1.69 bits per heavy atom. The summed E-state index contributed by atoms with van der Waals surface area (Å²) in [5, 5.41) is 9.07. The van der Waals surface area contributed by atoms with E-state index in [0.717, 1.165) is 17.9 Å². The first kappa shape index (κ1) is 24.6. The van der Waals surface area contributed by atoms with Crippen molar-refractivity contribution in [1.82, 2.24) is 10.6 Å². The van der Waals surface area contributed by atoms with Gasteiger partial charge in [-0.1, -0.05) is 20.8 Å². The normalized spacial score (nSPS) is 13.4. The summed E-state index contributed by atoms with van der Waals surface area (Å²) in [4.78, 5) is 25.0. The van der Waals surface area contributed by atoms with Crippen LogP contribution in [-0.4, -0.2) is 43.3 Å². The Morgan fingerprint density at radius 1 is 1.07 bits per heavy atom. The summed E-state index contributed by atoms with van der Waals surface area (Å²) < 4.78 is 10.5. The van der Waals surface area contributed by atoms with Crippen molar-refractivity contribution < 1.29 is 19.1 Å². The maximum absolute atomic E-state index is 12.8. The van der Waals surface area contributed by atoms with E-state index in [1.54, 1.807) is 27.9 Å². The van der Waals surface area contributed by atoms with Crippen molar-refractivity contribution in [2.24, 2.45) is 5.92 Å². The van der Waals surface area contributed by atoms with Gasteiger partial charge in [-0.25, -0.2) is 4.79 Å². The Kier molecular flexibility index (Phi) is 9.78. The predicted molar refractivity (Wildman–Crippen MR) is 116 cm³/mol. The van der Waals surface area contributed by atoms with Crippen LogP contribution < -0.4 is 20.7 Å². The SMILES string of the molecule is CC[C@@H](CNc1ccc(OC)cc1)NC(=O)[C@H](CC(C)C)NC(=O)OC(C)(C)C. The third-order valence-electron chi connectivity index (χ3n) is 4.20. The van der Waals surface area contributed by atoms with Crippen molar-refractivity contribution in [3.05, 3.63) is 24.3 Å². The number of nitrogens with one attached hydrogen (secondary N) is 3. The van der Waals surface area contributed by atoms with Crippen molar-refractivity contribution in [3.63, 3.8) is 0 Å². The summed E-state index contributed by atoms with van der Waals surface area (Å²) >= 11 is 0. The molecule has 0 aliphatic heterocycles. The standard InChI is InChI=1S/C22H37N3O4/c1-8-16(14-23-17-9-11-18(28-7)12-10-17)24-20(26)19(13-15(2)3)25-21(27)29-22(4,5)6/h9-12,15-16,19,23H,8,13-14H2,1-7H3,(H,24,26)(H,25,27)/t16-,19-/m0/s1. The van der Waals surface area contributed by atoms with E-state index in [0.29, 0.717) is 13.0 Å².